The highest BCUT2D eigenvalue weighted by Gasteiger charge is 2.10. The summed E-state index contributed by atoms with van der Waals surface area (Å²) in [5, 5.41) is 2.84. The highest BCUT2D eigenvalue weighted by Crippen LogP contribution is 2.24. The summed E-state index contributed by atoms with van der Waals surface area (Å²) in [4.78, 5) is 16.7. The number of hydrogen-bond donors (Lipinski definition) is 0. The van der Waals surface area contributed by atoms with Gasteiger partial charge in [-0.15, -0.1) is 11.3 Å². The summed E-state index contributed by atoms with van der Waals surface area (Å²) >= 11 is 1.55. The molecule has 0 unspecified atom stereocenters. The number of methoxy groups -OCH3 is 1. The van der Waals surface area contributed by atoms with E-state index in [1.807, 2.05) is 29.6 Å². The van der Waals surface area contributed by atoms with Crippen LogP contribution in [0.25, 0.3) is 10.6 Å². The number of carbonyl (C=O) groups excluding carboxylic acids is 1. The summed E-state index contributed by atoms with van der Waals surface area (Å²) in [5.74, 6) is -0.358. The van der Waals surface area contributed by atoms with Crippen LogP contribution in [0.3, 0.4) is 0 Å². The Morgan fingerprint density at radius 1 is 1.12 bits per heavy atom. The molecule has 25 heavy (non-hydrogen) atoms. The highest BCUT2D eigenvalue weighted by molar-refractivity contribution is 7.13. The number of aromatic nitrogens is 1. The number of ether oxygens (including phenoxy) is 2. The fourth-order valence-electron chi connectivity index (χ4n) is 2.38. The quantitative estimate of drug-likeness (QED) is 0.607. The van der Waals surface area contributed by atoms with Crippen LogP contribution < -0.4 is 0 Å². The number of esters is 1. The van der Waals surface area contributed by atoms with Crippen LogP contribution in [-0.4, -0.2) is 18.1 Å². The Balaban J connectivity index is 1.63. The number of thiazole rings is 1. The molecule has 0 bridgehead atoms. The molecule has 0 spiro atoms. The molecule has 2 aromatic carbocycles. The Morgan fingerprint density at radius 2 is 1.92 bits per heavy atom. The molecule has 0 atom stereocenters. The SMILES string of the molecule is COCc1cccc(C(=O)OCc2csc(-c3ccc(C)cc3)n2)c1. The highest BCUT2D eigenvalue weighted by atomic mass is 32.1. The van der Waals surface area contributed by atoms with Gasteiger partial charge in [-0.2, -0.15) is 0 Å². The van der Waals surface area contributed by atoms with Gasteiger partial charge in [0.25, 0.3) is 0 Å². The molecule has 128 valence electrons. The van der Waals surface area contributed by atoms with Crippen molar-refractivity contribution in [2.45, 2.75) is 20.1 Å². The molecule has 0 radical (unpaired) electrons. The first-order valence-corrected chi connectivity index (χ1v) is 8.80. The van der Waals surface area contributed by atoms with E-state index in [9.17, 15) is 4.79 Å². The van der Waals surface area contributed by atoms with Crippen molar-refractivity contribution >= 4 is 17.3 Å². The molecule has 0 fully saturated rings. The number of carbonyl (C=O) groups is 1. The average Bonchev–Trinajstić information content (AvgIpc) is 3.10. The number of rotatable bonds is 6. The first-order chi connectivity index (χ1) is 12.2. The van der Waals surface area contributed by atoms with Crippen LogP contribution in [0.4, 0.5) is 0 Å². The zero-order valence-corrected chi connectivity index (χ0v) is 15.0. The van der Waals surface area contributed by atoms with Crippen LogP contribution >= 0.6 is 11.3 Å². The topological polar surface area (TPSA) is 48.4 Å². The molecule has 0 amide bonds. The largest absolute Gasteiger partial charge is 0.456 e. The zero-order valence-electron chi connectivity index (χ0n) is 14.2. The standard InChI is InChI=1S/C20H19NO3S/c1-14-6-8-16(9-7-14)19-21-18(13-25-19)12-24-20(22)17-5-3-4-15(10-17)11-23-2/h3-10,13H,11-12H2,1-2H3. The van der Waals surface area contributed by atoms with Crippen LogP contribution in [0.1, 0.15) is 27.2 Å². The zero-order chi connectivity index (χ0) is 17.6. The first-order valence-electron chi connectivity index (χ1n) is 7.92. The Bertz CT molecular complexity index is 855. The molecular weight excluding hydrogens is 334 g/mol. The second-order valence-electron chi connectivity index (χ2n) is 5.72. The molecule has 5 heteroatoms. The molecule has 0 aliphatic heterocycles. The minimum absolute atomic E-state index is 0.162. The van der Waals surface area contributed by atoms with E-state index in [1.54, 1.807) is 30.6 Å². The monoisotopic (exact) mass is 353 g/mol. The Morgan fingerprint density at radius 3 is 2.68 bits per heavy atom. The first kappa shape index (κ1) is 17.3. The summed E-state index contributed by atoms with van der Waals surface area (Å²) in [7, 11) is 1.62. The van der Waals surface area contributed by atoms with E-state index >= 15 is 0 Å². The normalized spacial score (nSPS) is 10.6. The Kier molecular flexibility index (Phi) is 5.58. The van der Waals surface area contributed by atoms with Gasteiger partial charge in [-0.3, -0.25) is 0 Å². The summed E-state index contributed by atoms with van der Waals surface area (Å²) in [6, 6.07) is 15.5. The third kappa shape index (κ3) is 4.53. The van der Waals surface area contributed by atoms with Gasteiger partial charge in [-0.1, -0.05) is 42.0 Å². The lowest BCUT2D eigenvalue weighted by Gasteiger charge is -2.05. The maximum atomic E-state index is 12.2. The second-order valence-corrected chi connectivity index (χ2v) is 6.58. The predicted molar refractivity (Wildman–Crippen MR) is 98.6 cm³/mol. The Labute approximate surface area is 151 Å². The molecule has 3 rings (SSSR count). The Hall–Kier alpha value is -2.50. The third-order valence-corrected chi connectivity index (χ3v) is 4.62. The van der Waals surface area contributed by atoms with Crippen molar-refractivity contribution in [2.75, 3.05) is 7.11 Å². The molecule has 1 aromatic heterocycles. The molecule has 0 N–H and O–H groups in total. The van der Waals surface area contributed by atoms with E-state index in [4.69, 9.17) is 9.47 Å². The van der Waals surface area contributed by atoms with Crippen molar-refractivity contribution < 1.29 is 14.3 Å². The van der Waals surface area contributed by atoms with Crippen molar-refractivity contribution in [1.82, 2.24) is 4.98 Å². The van der Waals surface area contributed by atoms with Gasteiger partial charge in [0.15, 0.2) is 0 Å². The van der Waals surface area contributed by atoms with Crippen LogP contribution in [0.15, 0.2) is 53.9 Å². The summed E-state index contributed by atoms with van der Waals surface area (Å²) in [5.41, 5.74) is 4.49. The molecular formula is C20H19NO3S. The van der Waals surface area contributed by atoms with Gasteiger partial charge < -0.3 is 9.47 Å². The lowest BCUT2D eigenvalue weighted by Crippen LogP contribution is -2.06. The van der Waals surface area contributed by atoms with Crippen molar-refractivity contribution in [3.8, 4) is 10.6 Å². The number of hydrogen-bond acceptors (Lipinski definition) is 5. The molecule has 0 saturated heterocycles. The van der Waals surface area contributed by atoms with Crippen LogP contribution in [0.2, 0.25) is 0 Å². The van der Waals surface area contributed by atoms with Crippen molar-refractivity contribution in [3.05, 3.63) is 76.3 Å². The van der Waals surface area contributed by atoms with Gasteiger partial charge in [0.2, 0.25) is 0 Å². The number of nitrogens with zero attached hydrogens (tertiary/aromatic N) is 1. The van der Waals surface area contributed by atoms with Gasteiger partial charge in [0.05, 0.1) is 17.9 Å². The summed E-state index contributed by atoms with van der Waals surface area (Å²) in [6.45, 7) is 2.68. The van der Waals surface area contributed by atoms with E-state index in [0.29, 0.717) is 12.2 Å². The average molecular weight is 353 g/mol. The number of benzene rings is 2. The molecule has 3 aromatic rings. The van der Waals surface area contributed by atoms with E-state index in [0.717, 1.165) is 21.8 Å². The minimum atomic E-state index is -0.358. The lowest BCUT2D eigenvalue weighted by atomic mass is 10.1. The molecule has 1 heterocycles. The van der Waals surface area contributed by atoms with Crippen LogP contribution in [-0.2, 0) is 22.7 Å². The van der Waals surface area contributed by atoms with E-state index in [1.165, 1.54) is 5.56 Å². The van der Waals surface area contributed by atoms with E-state index < -0.39 is 0 Å². The van der Waals surface area contributed by atoms with Crippen LogP contribution in [0.5, 0.6) is 0 Å². The molecule has 0 saturated carbocycles. The maximum Gasteiger partial charge on any atom is 0.338 e. The second kappa shape index (κ2) is 8.05. The van der Waals surface area contributed by atoms with Gasteiger partial charge in [-0.25, -0.2) is 9.78 Å². The summed E-state index contributed by atoms with van der Waals surface area (Å²) in [6.07, 6.45) is 0. The third-order valence-electron chi connectivity index (χ3n) is 3.68. The molecule has 4 nitrogen and oxygen atoms in total. The maximum absolute atomic E-state index is 12.2. The van der Waals surface area contributed by atoms with Gasteiger partial charge in [0.1, 0.15) is 11.6 Å². The summed E-state index contributed by atoms with van der Waals surface area (Å²) < 4.78 is 10.5. The van der Waals surface area contributed by atoms with Crippen LogP contribution in [0, 0.1) is 6.92 Å². The van der Waals surface area contributed by atoms with E-state index in [-0.39, 0.29) is 12.6 Å². The van der Waals surface area contributed by atoms with Crippen molar-refractivity contribution in [2.24, 2.45) is 0 Å². The smallest absolute Gasteiger partial charge is 0.338 e. The minimum Gasteiger partial charge on any atom is -0.456 e. The number of aryl methyl sites for hydroxylation is 1. The van der Waals surface area contributed by atoms with Gasteiger partial charge in [-0.05, 0) is 24.6 Å². The molecule has 0 aliphatic carbocycles. The molecule has 0 aliphatic rings. The van der Waals surface area contributed by atoms with E-state index in [2.05, 4.69) is 24.0 Å². The van der Waals surface area contributed by atoms with Crippen molar-refractivity contribution in [1.29, 1.82) is 0 Å². The lowest BCUT2D eigenvalue weighted by molar-refractivity contribution is 0.0468. The van der Waals surface area contributed by atoms with Gasteiger partial charge >= 0.3 is 5.97 Å². The fraction of sp³-hybridized carbons (Fsp3) is 0.200. The fourth-order valence-corrected chi connectivity index (χ4v) is 3.19. The predicted octanol–water partition coefficient (Wildman–Crippen LogP) is 4.62. The van der Waals surface area contributed by atoms with Gasteiger partial charge in [0, 0.05) is 18.1 Å². The van der Waals surface area contributed by atoms with Crippen molar-refractivity contribution in [3.63, 3.8) is 0 Å².